The van der Waals surface area contributed by atoms with Gasteiger partial charge in [-0.05, 0) is 122 Å². The minimum absolute atomic E-state index is 0.0247. The van der Waals surface area contributed by atoms with E-state index in [-0.39, 0.29) is 68.4 Å². The van der Waals surface area contributed by atoms with Gasteiger partial charge in [-0.3, -0.25) is 24.1 Å². The summed E-state index contributed by atoms with van der Waals surface area (Å²) in [6, 6.07) is 13.9. The van der Waals surface area contributed by atoms with Gasteiger partial charge in [0, 0.05) is 67.6 Å². The molecule has 22 heteroatoms. The molecule has 3 aromatic carbocycles. The molecule has 1 aliphatic rings. The Hall–Kier alpha value is -5.96. The third-order valence-electron chi connectivity index (χ3n) is 12.8. The number of likely N-dealkylation sites (tertiary alicyclic amines) is 1. The molecule has 3 N–H and O–H groups in total. The second-order valence-electron chi connectivity index (χ2n) is 20.9. The summed E-state index contributed by atoms with van der Waals surface area (Å²) < 4.78 is 75.6. The van der Waals surface area contributed by atoms with Crippen LogP contribution in [-0.4, -0.2) is 128 Å². The molecule has 0 aliphatic carbocycles. The number of nitrogens with one attached hydrogen (secondary N) is 2. The fourth-order valence-corrected chi connectivity index (χ4v) is 9.15. The van der Waals surface area contributed by atoms with Gasteiger partial charge in [0.2, 0.25) is 17.7 Å². The predicted octanol–water partition coefficient (Wildman–Crippen LogP) is 9.58. The molecule has 5 rings (SSSR count). The highest BCUT2D eigenvalue weighted by molar-refractivity contribution is 6.31. The van der Waals surface area contributed by atoms with E-state index in [4.69, 9.17) is 37.4 Å². The number of benzene rings is 3. The molecule has 1 saturated heterocycles. The molecular weight excluding hydrogens is 1030 g/mol. The first kappa shape index (κ1) is 59.9. The fourth-order valence-electron chi connectivity index (χ4n) is 8.83. The van der Waals surface area contributed by atoms with E-state index in [1.807, 2.05) is 32.4 Å². The van der Waals surface area contributed by atoms with E-state index in [0.29, 0.717) is 22.2 Å². The average molecular weight is 1090 g/mol. The zero-order valence-electron chi connectivity index (χ0n) is 43.9. The van der Waals surface area contributed by atoms with Gasteiger partial charge in [0.15, 0.2) is 0 Å². The smallest absolute Gasteiger partial charge is 0.411 e. The summed E-state index contributed by atoms with van der Waals surface area (Å²) >= 11 is 12.5. The third-order valence-corrected chi connectivity index (χ3v) is 13.3. The molecule has 2 heterocycles. The summed E-state index contributed by atoms with van der Waals surface area (Å²) in [5.41, 5.74) is -0.241. The lowest BCUT2D eigenvalue weighted by Gasteiger charge is -2.49. The molecule has 1 aromatic heterocycles. The van der Waals surface area contributed by atoms with Crippen LogP contribution in [-0.2, 0) is 55.2 Å². The number of nitrogens with zero attached hydrogens (tertiary/aromatic N) is 5. The van der Waals surface area contributed by atoms with Crippen molar-refractivity contribution in [2.24, 2.45) is 13.0 Å². The number of hydrogen-bond acceptors (Lipinski definition) is 10. The highest BCUT2D eigenvalue weighted by Gasteiger charge is 2.47. The van der Waals surface area contributed by atoms with Crippen LogP contribution in [0, 0.1) is 11.7 Å². The number of rotatable bonds is 20. The zero-order chi connectivity index (χ0) is 55.8. The van der Waals surface area contributed by atoms with Crippen LogP contribution in [0.15, 0.2) is 66.9 Å². The Morgan fingerprint density at radius 3 is 2.20 bits per heavy atom. The zero-order valence-corrected chi connectivity index (χ0v) is 45.4. The number of aromatic nitrogens is 2. The largest absolute Gasteiger partial charge is 0.481 e. The van der Waals surface area contributed by atoms with Crippen LogP contribution in [0.1, 0.15) is 91.1 Å². The van der Waals surface area contributed by atoms with Gasteiger partial charge in [-0.15, -0.1) is 0 Å². The van der Waals surface area contributed by atoms with Gasteiger partial charge < -0.3 is 44.3 Å². The number of halogens is 6. The molecule has 0 spiro atoms. The number of carboxylic acid groups (broad SMARTS) is 1. The summed E-state index contributed by atoms with van der Waals surface area (Å²) in [6.45, 7) is 12.1. The Labute approximate surface area is 445 Å². The van der Waals surface area contributed by atoms with Crippen molar-refractivity contribution >= 4 is 53.0 Å². The number of piperidine rings is 1. The molecule has 0 saturated carbocycles. The number of carbonyl (C=O) groups excluding carboxylic acids is 4. The minimum Gasteiger partial charge on any atom is -0.481 e. The Morgan fingerprint density at radius 1 is 0.960 bits per heavy atom. The van der Waals surface area contributed by atoms with Crippen LogP contribution in [0.5, 0.6) is 11.5 Å². The van der Waals surface area contributed by atoms with Gasteiger partial charge in [-0.2, -0.15) is 13.2 Å². The average Bonchev–Trinajstić information content (AvgIpc) is 3.67. The first-order valence-electron chi connectivity index (χ1n) is 24.3. The monoisotopic (exact) mass is 1090 g/mol. The van der Waals surface area contributed by atoms with Crippen molar-refractivity contribution in [3.05, 3.63) is 99.7 Å². The summed E-state index contributed by atoms with van der Waals surface area (Å²) in [6.07, 6.45) is -5.60. The van der Waals surface area contributed by atoms with E-state index in [1.165, 1.54) is 36.9 Å². The lowest BCUT2D eigenvalue weighted by Crippen LogP contribution is -2.65. The van der Waals surface area contributed by atoms with Crippen molar-refractivity contribution in [1.29, 1.82) is 0 Å². The molecule has 4 unspecified atom stereocenters. The number of carboxylic acids is 1. The van der Waals surface area contributed by atoms with Gasteiger partial charge in [0.1, 0.15) is 34.8 Å². The lowest BCUT2D eigenvalue weighted by atomic mass is 9.80. The van der Waals surface area contributed by atoms with E-state index in [0.717, 1.165) is 17.3 Å². The number of hydrogen-bond donors (Lipinski definition) is 3. The summed E-state index contributed by atoms with van der Waals surface area (Å²) in [7, 11) is 4.64. The Bertz CT molecular complexity index is 2660. The number of imidazole rings is 1. The maximum Gasteiger partial charge on any atom is 0.411 e. The molecule has 1 aliphatic heterocycles. The van der Waals surface area contributed by atoms with Crippen LogP contribution in [0.3, 0.4) is 0 Å². The maximum atomic E-state index is 15.7. The molecular formula is C53H67Cl2F4N7O9. The molecule has 16 nitrogen and oxygen atoms in total. The number of aliphatic carboxylic acids is 1. The van der Waals surface area contributed by atoms with Crippen molar-refractivity contribution in [1.82, 2.24) is 34.9 Å². The second kappa shape index (κ2) is 24.8. The van der Waals surface area contributed by atoms with Crippen LogP contribution >= 0.6 is 23.2 Å². The highest BCUT2D eigenvalue weighted by Crippen LogP contribution is 2.36. The van der Waals surface area contributed by atoms with Crippen molar-refractivity contribution < 1.29 is 60.9 Å². The topological polar surface area (TPSA) is 185 Å². The number of amides is 4. The van der Waals surface area contributed by atoms with Crippen molar-refractivity contribution in [2.75, 3.05) is 33.9 Å². The second-order valence-corrected chi connectivity index (χ2v) is 21.7. The molecule has 0 radical (unpaired) electrons. The number of alkyl halides is 3. The highest BCUT2D eigenvalue weighted by atomic mass is 35.5. The van der Waals surface area contributed by atoms with E-state index in [9.17, 15) is 42.3 Å². The molecule has 1 fully saturated rings. The third kappa shape index (κ3) is 16.5. The predicted molar refractivity (Wildman–Crippen MR) is 275 cm³/mol. The van der Waals surface area contributed by atoms with Gasteiger partial charge in [0.05, 0.1) is 55.4 Å². The van der Waals surface area contributed by atoms with Gasteiger partial charge in [-0.25, -0.2) is 14.2 Å². The van der Waals surface area contributed by atoms with Gasteiger partial charge in [0.25, 0.3) is 0 Å². The first-order chi connectivity index (χ1) is 34.9. The van der Waals surface area contributed by atoms with Crippen molar-refractivity contribution in [3.63, 3.8) is 0 Å². The van der Waals surface area contributed by atoms with E-state index in [1.54, 1.807) is 80.4 Å². The van der Waals surface area contributed by atoms with E-state index in [2.05, 4.69) is 15.6 Å². The van der Waals surface area contributed by atoms with Crippen molar-refractivity contribution in [3.8, 4) is 22.8 Å². The Morgan fingerprint density at radius 2 is 1.61 bits per heavy atom. The quantitative estimate of drug-likeness (QED) is 0.0716. The van der Waals surface area contributed by atoms with Gasteiger partial charge in [-0.1, -0.05) is 35.3 Å². The number of carbonyl (C=O) groups is 5. The number of methoxy groups -OCH3 is 1. The summed E-state index contributed by atoms with van der Waals surface area (Å²) in [5, 5.41) is 15.6. The molecule has 75 heavy (non-hydrogen) atoms. The standard InChI is InChI=1S/C53H67Cl2F4N7O9/c1-32(46(69)62-41(30-73-10)48(71)64(9)52(25-33-12-16-36(54)17-13-33)20-11-21-65(31-52)47(70)35(22-45(67)68)26-53(57,58)59)60-27-39-40(56)23-37(55)24-43(39)74-38-18-14-34(15-19-38)42-28-61-44(63(42)8)29-66(50(2,3)4)49(72)75-51(5,6)7/h12-19,23-24,28,32,35,41,60H,11,20-22,25-27,29-31H2,1-10H3,(H,62,69)(H,67,68). The molecule has 4 atom stereocenters. The van der Waals surface area contributed by atoms with E-state index < -0.39 is 89.3 Å². The van der Waals surface area contributed by atoms with Crippen molar-refractivity contribution in [2.45, 2.75) is 129 Å². The van der Waals surface area contributed by atoms with E-state index >= 15 is 4.39 Å². The SMILES string of the molecule is COCC(NC(=O)C(C)NCc1c(F)cc(Cl)cc1Oc1ccc(-c2cnc(CN(C(=O)OC(C)(C)C)C(C)(C)C)n2C)cc1)C(=O)N(C)C1(Cc2ccc(Cl)cc2)CCCN(C(=O)C(CC(=O)O)CC(F)(F)F)C1. The Balaban J connectivity index is 1.30. The molecule has 410 valence electrons. The van der Waals surface area contributed by atoms with Crippen LogP contribution in [0.25, 0.3) is 11.3 Å². The van der Waals surface area contributed by atoms with Gasteiger partial charge >= 0.3 is 18.2 Å². The maximum absolute atomic E-state index is 15.7. The summed E-state index contributed by atoms with van der Waals surface area (Å²) in [4.78, 5) is 75.7. The summed E-state index contributed by atoms with van der Waals surface area (Å²) in [5.74, 6) is -5.47. The Kier molecular flexibility index (Phi) is 19.8. The molecule has 0 bridgehead atoms. The minimum atomic E-state index is -4.82. The van der Waals surface area contributed by atoms with Crippen LogP contribution in [0.2, 0.25) is 10.0 Å². The number of likely N-dealkylation sites (N-methyl/N-ethyl adjacent to an activating group) is 1. The van der Waals surface area contributed by atoms with Crippen LogP contribution < -0.4 is 15.4 Å². The lowest BCUT2D eigenvalue weighted by molar-refractivity contribution is -0.166. The first-order valence-corrected chi connectivity index (χ1v) is 25.1. The normalized spacial score (nSPS) is 16.4. The molecule has 4 aromatic rings. The van der Waals surface area contributed by atoms with Crippen LogP contribution in [0.4, 0.5) is 22.4 Å². The number of ether oxygens (including phenoxy) is 3. The molecule has 4 amide bonds. The fraction of sp³-hybridized carbons (Fsp3) is 0.509.